The maximum Gasteiger partial charge on any atom is 0.311 e. The van der Waals surface area contributed by atoms with Crippen LogP contribution in [0.25, 0.3) is 0 Å². The minimum atomic E-state index is -3.54. The number of hydrogen-bond acceptors (Lipinski definition) is 4. The molecule has 0 aliphatic rings. The van der Waals surface area contributed by atoms with Crippen molar-refractivity contribution in [3.05, 3.63) is 29.8 Å². The van der Waals surface area contributed by atoms with E-state index >= 15 is 0 Å². The summed E-state index contributed by atoms with van der Waals surface area (Å²) in [6.45, 7) is 5.22. The van der Waals surface area contributed by atoms with E-state index in [-0.39, 0.29) is 22.8 Å². The number of carbonyl (C=O) groups excluding carboxylic acids is 1. The third kappa shape index (κ3) is 4.35. The van der Waals surface area contributed by atoms with Gasteiger partial charge in [-0.25, -0.2) is 8.42 Å². The van der Waals surface area contributed by atoms with Crippen LogP contribution >= 0.6 is 0 Å². The third-order valence-corrected chi connectivity index (χ3v) is 6.31. The molecule has 1 amide bonds. The first-order chi connectivity index (χ1) is 11.2. The summed E-state index contributed by atoms with van der Waals surface area (Å²) in [6.07, 6.45) is 1.19. The van der Waals surface area contributed by atoms with Gasteiger partial charge in [-0.3, -0.25) is 9.59 Å². The van der Waals surface area contributed by atoms with Crippen molar-refractivity contribution in [3.8, 4) is 0 Å². The van der Waals surface area contributed by atoms with E-state index in [1.807, 2.05) is 0 Å². The number of carboxylic acids is 1. The standard InChI is InChI=1S/C17H25NO5S/c1-4-11-24(22,23)14-10-8-7-9-13(14)15(19)18-12-17(5-2,6-3)16(20)21/h7-10H,4-6,11-12H2,1-3H3,(H,18,19)(H,20,21). The molecule has 1 aromatic rings. The van der Waals surface area contributed by atoms with Gasteiger partial charge < -0.3 is 10.4 Å². The van der Waals surface area contributed by atoms with Gasteiger partial charge in [0.2, 0.25) is 0 Å². The molecule has 0 saturated heterocycles. The molecule has 0 aliphatic carbocycles. The van der Waals surface area contributed by atoms with E-state index in [0.29, 0.717) is 19.3 Å². The van der Waals surface area contributed by atoms with Crippen LogP contribution in [0, 0.1) is 5.41 Å². The van der Waals surface area contributed by atoms with Gasteiger partial charge in [0, 0.05) is 6.54 Å². The minimum Gasteiger partial charge on any atom is -0.481 e. The van der Waals surface area contributed by atoms with Crippen molar-refractivity contribution in [2.24, 2.45) is 5.41 Å². The van der Waals surface area contributed by atoms with E-state index in [1.165, 1.54) is 12.1 Å². The van der Waals surface area contributed by atoms with Crippen molar-refractivity contribution in [2.45, 2.75) is 44.9 Å². The maximum atomic E-state index is 12.4. The number of rotatable bonds is 9. The Bertz CT molecular complexity index is 693. The van der Waals surface area contributed by atoms with E-state index in [9.17, 15) is 23.1 Å². The van der Waals surface area contributed by atoms with Crippen LogP contribution in [0.15, 0.2) is 29.2 Å². The summed E-state index contributed by atoms with van der Waals surface area (Å²) in [4.78, 5) is 23.9. The monoisotopic (exact) mass is 355 g/mol. The van der Waals surface area contributed by atoms with E-state index in [2.05, 4.69) is 5.32 Å². The lowest BCUT2D eigenvalue weighted by Crippen LogP contribution is -2.42. The largest absolute Gasteiger partial charge is 0.481 e. The Hall–Kier alpha value is -1.89. The molecule has 6 nitrogen and oxygen atoms in total. The molecule has 7 heteroatoms. The zero-order valence-electron chi connectivity index (χ0n) is 14.3. The topological polar surface area (TPSA) is 101 Å². The summed E-state index contributed by atoms with van der Waals surface area (Å²) in [5.74, 6) is -1.59. The van der Waals surface area contributed by atoms with Crippen molar-refractivity contribution >= 4 is 21.7 Å². The van der Waals surface area contributed by atoms with E-state index in [1.54, 1.807) is 32.9 Å². The van der Waals surface area contributed by atoms with Crippen LogP contribution < -0.4 is 5.32 Å². The normalized spacial score (nSPS) is 12.0. The van der Waals surface area contributed by atoms with Crippen LogP contribution in [0.2, 0.25) is 0 Å². The molecule has 2 N–H and O–H groups in total. The number of benzene rings is 1. The van der Waals surface area contributed by atoms with Gasteiger partial charge in [0.25, 0.3) is 5.91 Å². The maximum absolute atomic E-state index is 12.4. The second-order valence-electron chi connectivity index (χ2n) is 5.79. The summed E-state index contributed by atoms with van der Waals surface area (Å²) < 4.78 is 24.6. The average molecular weight is 355 g/mol. The summed E-state index contributed by atoms with van der Waals surface area (Å²) >= 11 is 0. The van der Waals surface area contributed by atoms with Gasteiger partial charge in [-0.15, -0.1) is 0 Å². The van der Waals surface area contributed by atoms with E-state index in [4.69, 9.17) is 0 Å². The molecule has 0 aliphatic heterocycles. The molecule has 1 rings (SSSR count). The molecular formula is C17H25NO5S. The van der Waals surface area contributed by atoms with Crippen LogP contribution in [0.1, 0.15) is 50.4 Å². The highest BCUT2D eigenvalue weighted by Gasteiger charge is 2.35. The number of aliphatic carboxylic acids is 1. The summed E-state index contributed by atoms with van der Waals surface area (Å²) in [7, 11) is -3.54. The van der Waals surface area contributed by atoms with Crippen LogP contribution in [0.3, 0.4) is 0 Å². The number of sulfone groups is 1. The summed E-state index contributed by atoms with van der Waals surface area (Å²) in [5, 5.41) is 12.0. The highest BCUT2D eigenvalue weighted by atomic mass is 32.2. The first-order valence-corrected chi connectivity index (χ1v) is 9.72. The van der Waals surface area contributed by atoms with Gasteiger partial charge in [0.15, 0.2) is 9.84 Å². The van der Waals surface area contributed by atoms with Gasteiger partial charge >= 0.3 is 5.97 Å². The van der Waals surface area contributed by atoms with E-state index in [0.717, 1.165) is 0 Å². The van der Waals surface area contributed by atoms with Crippen molar-refractivity contribution in [1.82, 2.24) is 5.32 Å². The zero-order chi connectivity index (χ0) is 18.4. The molecule has 0 bridgehead atoms. The molecule has 0 fully saturated rings. The highest BCUT2D eigenvalue weighted by molar-refractivity contribution is 7.91. The molecule has 24 heavy (non-hydrogen) atoms. The Morgan fingerprint density at radius 3 is 2.21 bits per heavy atom. The Morgan fingerprint density at radius 2 is 1.71 bits per heavy atom. The van der Waals surface area contributed by atoms with Gasteiger partial charge in [-0.2, -0.15) is 0 Å². The third-order valence-electron chi connectivity index (χ3n) is 4.33. The fourth-order valence-corrected chi connectivity index (χ4v) is 4.07. The Morgan fingerprint density at radius 1 is 1.12 bits per heavy atom. The van der Waals surface area contributed by atoms with Crippen molar-refractivity contribution < 1.29 is 23.1 Å². The molecule has 0 atom stereocenters. The second-order valence-corrected chi connectivity index (χ2v) is 7.87. The Balaban J connectivity index is 3.08. The smallest absolute Gasteiger partial charge is 0.311 e. The van der Waals surface area contributed by atoms with Crippen molar-refractivity contribution in [1.29, 1.82) is 0 Å². The number of hydrogen-bond donors (Lipinski definition) is 2. The first-order valence-electron chi connectivity index (χ1n) is 8.07. The van der Waals surface area contributed by atoms with Crippen LogP contribution in [0.5, 0.6) is 0 Å². The predicted octanol–water partition coefficient (Wildman–Crippen LogP) is 2.49. The van der Waals surface area contributed by atoms with Gasteiger partial charge in [0.05, 0.1) is 21.6 Å². The molecule has 0 spiro atoms. The first kappa shape index (κ1) is 20.2. The quantitative estimate of drug-likeness (QED) is 0.709. The molecule has 134 valence electrons. The molecule has 0 aromatic heterocycles. The van der Waals surface area contributed by atoms with Gasteiger partial charge in [-0.1, -0.05) is 32.9 Å². The number of carbonyl (C=O) groups is 2. The molecule has 0 unspecified atom stereocenters. The zero-order valence-corrected chi connectivity index (χ0v) is 15.1. The average Bonchev–Trinajstić information content (AvgIpc) is 2.55. The lowest BCUT2D eigenvalue weighted by molar-refractivity contribution is -0.149. The summed E-state index contributed by atoms with van der Waals surface area (Å²) in [6, 6.07) is 6.01. The number of nitrogens with one attached hydrogen (secondary N) is 1. The lowest BCUT2D eigenvalue weighted by Gasteiger charge is -2.27. The van der Waals surface area contributed by atoms with Gasteiger partial charge in [0.1, 0.15) is 0 Å². The van der Waals surface area contributed by atoms with Crippen LogP contribution in [0.4, 0.5) is 0 Å². The van der Waals surface area contributed by atoms with Gasteiger partial charge in [-0.05, 0) is 31.4 Å². The van der Waals surface area contributed by atoms with E-state index < -0.39 is 27.1 Å². The molecular weight excluding hydrogens is 330 g/mol. The molecule has 0 heterocycles. The Kier molecular flexibility index (Phi) is 6.95. The minimum absolute atomic E-state index is 0.0155. The number of carboxylic acid groups (broad SMARTS) is 1. The fourth-order valence-electron chi connectivity index (χ4n) is 2.53. The number of amides is 1. The van der Waals surface area contributed by atoms with Crippen LogP contribution in [-0.4, -0.2) is 37.7 Å². The van der Waals surface area contributed by atoms with Crippen LogP contribution in [-0.2, 0) is 14.6 Å². The fraction of sp³-hybridized carbons (Fsp3) is 0.529. The SMILES string of the molecule is CCCS(=O)(=O)c1ccccc1C(=O)NCC(CC)(CC)C(=O)O. The Labute approximate surface area is 143 Å². The lowest BCUT2D eigenvalue weighted by atomic mass is 9.82. The van der Waals surface area contributed by atoms with Crippen molar-refractivity contribution in [3.63, 3.8) is 0 Å². The van der Waals surface area contributed by atoms with Crippen molar-refractivity contribution in [2.75, 3.05) is 12.3 Å². The predicted molar refractivity (Wildman–Crippen MR) is 91.8 cm³/mol. The summed E-state index contributed by atoms with van der Waals surface area (Å²) in [5.41, 5.74) is -0.996. The molecule has 1 aromatic carbocycles. The molecule has 0 saturated carbocycles. The highest BCUT2D eigenvalue weighted by Crippen LogP contribution is 2.26. The second kappa shape index (κ2) is 8.28. The molecule has 0 radical (unpaired) electrons.